The van der Waals surface area contributed by atoms with E-state index in [4.69, 9.17) is 0 Å². The summed E-state index contributed by atoms with van der Waals surface area (Å²) >= 11 is 1.26. The maximum absolute atomic E-state index is 13.0. The van der Waals surface area contributed by atoms with Gasteiger partial charge in [0.05, 0.1) is 18.3 Å². The lowest BCUT2D eigenvalue weighted by Gasteiger charge is -1.97. The number of aromatic nitrogens is 1. The van der Waals surface area contributed by atoms with Crippen LogP contribution in [-0.4, -0.2) is 18.1 Å². The number of methoxy groups -OCH3 is 1. The summed E-state index contributed by atoms with van der Waals surface area (Å²) in [6, 6.07) is 6.33. The van der Waals surface area contributed by atoms with Crippen LogP contribution in [0.15, 0.2) is 30.5 Å². The SMILES string of the molecule is COC(=O)c1cnc(Cc2cccc(F)c2)s1. The molecule has 88 valence electrons. The number of nitrogens with zero attached hydrogens (tertiary/aromatic N) is 1. The van der Waals surface area contributed by atoms with E-state index in [1.807, 2.05) is 6.07 Å². The molecule has 0 unspecified atom stereocenters. The average Bonchev–Trinajstić information content (AvgIpc) is 2.76. The van der Waals surface area contributed by atoms with E-state index in [1.165, 1.54) is 36.8 Å². The van der Waals surface area contributed by atoms with E-state index in [0.717, 1.165) is 10.6 Å². The van der Waals surface area contributed by atoms with Crippen LogP contribution in [0.1, 0.15) is 20.2 Å². The molecule has 1 heterocycles. The first-order valence-electron chi connectivity index (χ1n) is 4.96. The highest BCUT2D eigenvalue weighted by molar-refractivity contribution is 7.13. The van der Waals surface area contributed by atoms with Crippen molar-refractivity contribution >= 4 is 17.3 Å². The number of rotatable bonds is 3. The van der Waals surface area contributed by atoms with E-state index in [-0.39, 0.29) is 5.82 Å². The van der Waals surface area contributed by atoms with Crippen molar-refractivity contribution in [3.63, 3.8) is 0 Å². The fraction of sp³-hybridized carbons (Fsp3) is 0.167. The van der Waals surface area contributed by atoms with Gasteiger partial charge >= 0.3 is 5.97 Å². The summed E-state index contributed by atoms with van der Waals surface area (Å²) in [5, 5.41) is 0.760. The summed E-state index contributed by atoms with van der Waals surface area (Å²) < 4.78 is 17.6. The van der Waals surface area contributed by atoms with Crippen molar-refractivity contribution in [3.8, 4) is 0 Å². The predicted octanol–water partition coefficient (Wildman–Crippen LogP) is 2.66. The van der Waals surface area contributed by atoms with Gasteiger partial charge in [-0.05, 0) is 17.7 Å². The highest BCUT2D eigenvalue weighted by atomic mass is 32.1. The second kappa shape index (κ2) is 5.05. The normalized spacial score (nSPS) is 10.2. The molecule has 0 radical (unpaired) electrons. The number of ether oxygens (including phenoxy) is 1. The van der Waals surface area contributed by atoms with Gasteiger partial charge in [-0.15, -0.1) is 11.3 Å². The molecule has 0 aliphatic heterocycles. The molecule has 0 N–H and O–H groups in total. The lowest BCUT2D eigenvalue weighted by molar-refractivity contribution is 0.0606. The van der Waals surface area contributed by atoms with Crippen molar-refractivity contribution in [3.05, 3.63) is 51.7 Å². The van der Waals surface area contributed by atoms with Crippen LogP contribution in [0.5, 0.6) is 0 Å². The molecule has 0 saturated heterocycles. The Bertz CT molecular complexity index is 539. The minimum atomic E-state index is -0.395. The summed E-state index contributed by atoms with van der Waals surface area (Å²) in [5.41, 5.74) is 0.829. The Morgan fingerprint density at radius 2 is 2.35 bits per heavy atom. The highest BCUT2D eigenvalue weighted by Crippen LogP contribution is 2.18. The Hall–Kier alpha value is -1.75. The van der Waals surface area contributed by atoms with Crippen LogP contribution in [0.3, 0.4) is 0 Å². The molecule has 2 rings (SSSR count). The fourth-order valence-corrected chi connectivity index (χ4v) is 2.28. The van der Waals surface area contributed by atoms with Gasteiger partial charge in [-0.1, -0.05) is 12.1 Å². The third-order valence-electron chi connectivity index (χ3n) is 2.18. The van der Waals surface area contributed by atoms with Crippen LogP contribution in [0.4, 0.5) is 4.39 Å². The molecule has 0 saturated carbocycles. The molecule has 0 bridgehead atoms. The predicted molar refractivity (Wildman–Crippen MR) is 62.7 cm³/mol. The van der Waals surface area contributed by atoms with Crippen LogP contribution < -0.4 is 0 Å². The first-order valence-corrected chi connectivity index (χ1v) is 5.78. The molecule has 17 heavy (non-hydrogen) atoms. The summed E-state index contributed by atoms with van der Waals surface area (Å²) in [7, 11) is 1.33. The molecule has 0 aliphatic rings. The molecule has 0 amide bonds. The number of thiazole rings is 1. The van der Waals surface area contributed by atoms with Crippen LogP contribution in [0.2, 0.25) is 0 Å². The molecule has 0 fully saturated rings. The van der Waals surface area contributed by atoms with Gasteiger partial charge in [0, 0.05) is 6.42 Å². The maximum atomic E-state index is 13.0. The molecule has 2 aromatic rings. The number of benzene rings is 1. The minimum absolute atomic E-state index is 0.271. The van der Waals surface area contributed by atoms with E-state index in [2.05, 4.69) is 9.72 Å². The van der Waals surface area contributed by atoms with Gasteiger partial charge in [-0.3, -0.25) is 0 Å². The highest BCUT2D eigenvalue weighted by Gasteiger charge is 2.10. The van der Waals surface area contributed by atoms with E-state index in [0.29, 0.717) is 11.3 Å². The summed E-state index contributed by atoms with van der Waals surface area (Å²) in [6.07, 6.45) is 1.99. The largest absolute Gasteiger partial charge is 0.465 e. The van der Waals surface area contributed by atoms with E-state index >= 15 is 0 Å². The molecule has 1 aromatic carbocycles. The van der Waals surface area contributed by atoms with E-state index in [9.17, 15) is 9.18 Å². The van der Waals surface area contributed by atoms with Gasteiger partial charge in [0.25, 0.3) is 0 Å². The topological polar surface area (TPSA) is 39.2 Å². The summed E-state index contributed by atoms with van der Waals surface area (Å²) in [6.45, 7) is 0. The summed E-state index contributed by atoms with van der Waals surface area (Å²) in [4.78, 5) is 15.8. The fourth-order valence-electron chi connectivity index (χ4n) is 1.41. The molecule has 0 spiro atoms. The van der Waals surface area contributed by atoms with Gasteiger partial charge in [0.1, 0.15) is 10.7 Å². The van der Waals surface area contributed by atoms with Crippen molar-refractivity contribution in [2.45, 2.75) is 6.42 Å². The van der Waals surface area contributed by atoms with E-state index < -0.39 is 5.97 Å². The Morgan fingerprint density at radius 1 is 1.53 bits per heavy atom. The number of esters is 1. The van der Waals surface area contributed by atoms with Crippen LogP contribution in [-0.2, 0) is 11.2 Å². The molecule has 0 aliphatic carbocycles. The van der Waals surface area contributed by atoms with Gasteiger partial charge in [0.2, 0.25) is 0 Å². The average molecular weight is 251 g/mol. The maximum Gasteiger partial charge on any atom is 0.349 e. The third kappa shape index (κ3) is 2.88. The number of hydrogen-bond donors (Lipinski definition) is 0. The van der Waals surface area contributed by atoms with Crippen molar-refractivity contribution in [2.75, 3.05) is 7.11 Å². The standard InChI is InChI=1S/C12H10FNO2S/c1-16-12(15)10-7-14-11(17-10)6-8-3-2-4-9(13)5-8/h2-5,7H,6H2,1H3. The van der Waals surface area contributed by atoms with Crippen molar-refractivity contribution in [1.29, 1.82) is 0 Å². The van der Waals surface area contributed by atoms with Gasteiger partial charge in [-0.2, -0.15) is 0 Å². The van der Waals surface area contributed by atoms with Gasteiger partial charge in [0.15, 0.2) is 0 Å². The molecular formula is C12H10FNO2S. The number of halogens is 1. The quantitative estimate of drug-likeness (QED) is 0.787. The first-order chi connectivity index (χ1) is 8.19. The van der Waals surface area contributed by atoms with Crippen molar-refractivity contribution in [2.24, 2.45) is 0 Å². The van der Waals surface area contributed by atoms with Gasteiger partial charge < -0.3 is 4.74 Å². The lowest BCUT2D eigenvalue weighted by atomic mass is 10.1. The molecule has 5 heteroatoms. The first kappa shape index (κ1) is 11.7. The number of carbonyl (C=O) groups excluding carboxylic acids is 1. The smallest absolute Gasteiger partial charge is 0.349 e. The number of carbonyl (C=O) groups is 1. The molecule has 0 atom stereocenters. The minimum Gasteiger partial charge on any atom is -0.465 e. The zero-order valence-electron chi connectivity index (χ0n) is 9.14. The van der Waals surface area contributed by atoms with Crippen LogP contribution >= 0.6 is 11.3 Å². The number of hydrogen-bond acceptors (Lipinski definition) is 4. The zero-order chi connectivity index (χ0) is 12.3. The second-order valence-electron chi connectivity index (χ2n) is 3.42. The zero-order valence-corrected chi connectivity index (χ0v) is 9.96. The van der Waals surface area contributed by atoms with Crippen molar-refractivity contribution < 1.29 is 13.9 Å². The Kier molecular flexibility index (Phi) is 3.49. The molecular weight excluding hydrogens is 241 g/mol. The third-order valence-corrected chi connectivity index (χ3v) is 3.16. The monoisotopic (exact) mass is 251 g/mol. The molecule has 3 nitrogen and oxygen atoms in total. The van der Waals surface area contributed by atoms with Crippen molar-refractivity contribution in [1.82, 2.24) is 4.98 Å². The van der Waals surface area contributed by atoms with E-state index in [1.54, 1.807) is 6.07 Å². The lowest BCUT2D eigenvalue weighted by Crippen LogP contribution is -1.96. The van der Waals surface area contributed by atoms with Gasteiger partial charge in [-0.25, -0.2) is 14.2 Å². The Balaban J connectivity index is 2.14. The Morgan fingerprint density at radius 3 is 3.06 bits per heavy atom. The molecule has 1 aromatic heterocycles. The Labute approximate surface area is 102 Å². The van der Waals surface area contributed by atoms with Crippen LogP contribution in [0, 0.1) is 5.82 Å². The summed E-state index contributed by atoms with van der Waals surface area (Å²) in [5.74, 6) is -0.666. The van der Waals surface area contributed by atoms with Crippen LogP contribution in [0.25, 0.3) is 0 Å². The second-order valence-corrected chi connectivity index (χ2v) is 4.53.